The van der Waals surface area contributed by atoms with Gasteiger partial charge in [0, 0.05) is 23.0 Å². The molecule has 0 aliphatic heterocycles. The maximum atomic E-state index is 14.6. The van der Waals surface area contributed by atoms with Crippen molar-refractivity contribution in [1.29, 1.82) is 0 Å². The normalized spacial score (nSPS) is 10.5. The van der Waals surface area contributed by atoms with E-state index < -0.39 is 11.6 Å². The Bertz CT molecular complexity index is 972. The highest BCUT2D eigenvalue weighted by molar-refractivity contribution is 5.87. The molecule has 3 rings (SSSR count). The molecule has 0 bridgehead atoms. The molecule has 27 heavy (non-hydrogen) atoms. The zero-order valence-electron chi connectivity index (χ0n) is 14.8. The summed E-state index contributed by atoms with van der Waals surface area (Å²) in [4.78, 5) is 15.2. The number of carbonyl (C=O) groups is 1. The van der Waals surface area contributed by atoms with Gasteiger partial charge in [0.05, 0.1) is 7.11 Å². The maximum Gasteiger partial charge on any atom is 0.201 e. The van der Waals surface area contributed by atoms with Gasteiger partial charge in [0.2, 0.25) is 5.82 Å². The SMILES string of the molecule is COc1ccc(COc2ccc(-c3cc(C)ncc3C=O)c(F)c2F)cc1. The molecular weight excluding hydrogens is 352 g/mol. The number of nitrogens with zero attached hydrogens (tertiary/aromatic N) is 1. The highest BCUT2D eigenvalue weighted by atomic mass is 19.2. The third-order valence-electron chi connectivity index (χ3n) is 4.09. The topological polar surface area (TPSA) is 48.4 Å². The third-order valence-corrected chi connectivity index (χ3v) is 4.09. The molecule has 1 aromatic heterocycles. The Morgan fingerprint density at radius 1 is 1.04 bits per heavy atom. The predicted molar refractivity (Wildman–Crippen MR) is 97.0 cm³/mol. The Balaban J connectivity index is 1.87. The Hall–Kier alpha value is -3.28. The molecule has 0 saturated heterocycles. The molecule has 3 aromatic rings. The largest absolute Gasteiger partial charge is 0.497 e. The molecule has 6 heteroatoms. The van der Waals surface area contributed by atoms with Gasteiger partial charge in [-0.25, -0.2) is 4.39 Å². The van der Waals surface area contributed by atoms with Crippen LogP contribution in [0.1, 0.15) is 21.6 Å². The highest BCUT2D eigenvalue weighted by Gasteiger charge is 2.18. The minimum absolute atomic E-state index is 0.0168. The van der Waals surface area contributed by atoms with Gasteiger partial charge in [0.1, 0.15) is 12.4 Å². The number of methoxy groups -OCH3 is 1. The second kappa shape index (κ2) is 7.95. The van der Waals surface area contributed by atoms with Crippen molar-refractivity contribution in [1.82, 2.24) is 4.98 Å². The summed E-state index contributed by atoms with van der Waals surface area (Å²) in [5.41, 5.74) is 1.83. The van der Waals surface area contributed by atoms with Gasteiger partial charge < -0.3 is 9.47 Å². The standard InChI is InChI=1S/C21H17F2NO3/c1-13-9-18(15(11-25)10-24-13)17-7-8-19(21(23)20(17)22)27-12-14-3-5-16(26-2)6-4-14/h3-11H,12H2,1-2H3. The number of aryl methyl sites for hydroxylation is 1. The van der Waals surface area contributed by atoms with Crippen LogP contribution in [-0.4, -0.2) is 18.4 Å². The number of rotatable bonds is 6. The third kappa shape index (κ3) is 3.95. The minimum atomic E-state index is -1.10. The lowest BCUT2D eigenvalue weighted by molar-refractivity contribution is 0.112. The van der Waals surface area contributed by atoms with Crippen molar-refractivity contribution < 1.29 is 23.0 Å². The monoisotopic (exact) mass is 369 g/mol. The first-order valence-electron chi connectivity index (χ1n) is 8.19. The number of halogens is 2. The van der Waals surface area contributed by atoms with E-state index in [0.717, 1.165) is 5.56 Å². The van der Waals surface area contributed by atoms with E-state index in [1.54, 1.807) is 44.4 Å². The van der Waals surface area contributed by atoms with E-state index in [9.17, 15) is 13.6 Å². The molecule has 138 valence electrons. The summed E-state index contributed by atoms with van der Waals surface area (Å²) in [5.74, 6) is -1.69. The van der Waals surface area contributed by atoms with Crippen LogP contribution in [0.4, 0.5) is 8.78 Å². The first kappa shape index (κ1) is 18.5. The van der Waals surface area contributed by atoms with Crippen LogP contribution in [0, 0.1) is 18.6 Å². The first-order chi connectivity index (χ1) is 13.0. The molecule has 4 nitrogen and oxygen atoms in total. The number of aromatic nitrogens is 1. The molecule has 0 aliphatic rings. The smallest absolute Gasteiger partial charge is 0.201 e. The fourth-order valence-electron chi connectivity index (χ4n) is 2.63. The molecule has 0 unspecified atom stereocenters. The fraction of sp³-hybridized carbons (Fsp3) is 0.143. The molecule has 0 fully saturated rings. The van der Waals surface area contributed by atoms with E-state index >= 15 is 0 Å². The fourth-order valence-corrected chi connectivity index (χ4v) is 2.63. The molecule has 0 radical (unpaired) electrons. The average molecular weight is 369 g/mol. The van der Waals surface area contributed by atoms with Gasteiger partial charge in [-0.1, -0.05) is 12.1 Å². The quantitative estimate of drug-likeness (QED) is 0.589. The lowest BCUT2D eigenvalue weighted by Crippen LogP contribution is -2.01. The van der Waals surface area contributed by atoms with E-state index in [-0.39, 0.29) is 29.0 Å². The van der Waals surface area contributed by atoms with E-state index in [0.29, 0.717) is 17.7 Å². The minimum Gasteiger partial charge on any atom is -0.497 e. The number of ether oxygens (including phenoxy) is 2. The summed E-state index contributed by atoms with van der Waals surface area (Å²) in [7, 11) is 1.56. The van der Waals surface area contributed by atoms with E-state index in [1.165, 1.54) is 18.3 Å². The lowest BCUT2D eigenvalue weighted by Gasteiger charge is -2.12. The zero-order valence-corrected chi connectivity index (χ0v) is 14.8. The van der Waals surface area contributed by atoms with Gasteiger partial charge in [-0.05, 0) is 48.4 Å². The number of carbonyl (C=O) groups excluding carboxylic acids is 1. The van der Waals surface area contributed by atoms with Gasteiger partial charge in [-0.3, -0.25) is 9.78 Å². The van der Waals surface area contributed by atoms with Gasteiger partial charge in [-0.2, -0.15) is 4.39 Å². The molecule has 0 aliphatic carbocycles. The van der Waals surface area contributed by atoms with Crippen molar-refractivity contribution in [2.75, 3.05) is 7.11 Å². The number of benzene rings is 2. The van der Waals surface area contributed by atoms with Crippen LogP contribution >= 0.6 is 0 Å². The van der Waals surface area contributed by atoms with Crippen molar-refractivity contribution in [2.24, 2.45) is 0 Å². The Morgan fingerprint density at radius 2 is 1.78 bits per heavy atom. The van der Waals surface area contributed by atoms with Crippen molar-refractivity contribution >= 4 is 6.29 Å². The second-order valence-corrected chi connectivity index (χ2v) is 5.91. The van der Waals surface area contributed by atoms with Gasteiger partial charge in [0.15, 0.2) is 17.9 Å². The van der Waals surface area contributed by atoms with Gasteiger partial charge in [-0.15, -0.1) is 0 Å². The van der Waals surface area contributed by atoms with E-state index in [2.05, 4.69) is 4.98 Å². The van der Waals surface area contributed by atoms with Crippen molar-refractivity contribution in [3.8, 4) is 22.6 Å². The molecular formula is C21H17F2NO3. The van der Waals surface area contributed by atoms with Crippen LogP contribution in [-0.2, 0) is 6.61 Å². The van der Waals surface area contributed by atoms with Crippen LogP contribution in [0.5, 0.6) is 11.5 Å². The van der Waals surface area contributed by atoms with Crippen LogP contribution in [0.2, 0.25) is 0 Å². The van der Waals surface area contributed by atoms with Gasteiger partial charge in [0.25, 0.3) is 0 Å². The molecule has 0 N–H and O–H groups in total. The van der Waals surface area contributed by atoms with Crippen LogP contribution < -0.4 is 9.47 Å². The first-order valence-corrected chi connectivity index (χ1v) is 8.19. The summed E-state index contributed by atoms with van der Waals surface area (Å²) < 4.78 is 39.6. The summed E-state index contributed by atoms with van der Waals surface area (Å²) in [5, 5.41) is 0. The van der Waals surface area contributed by atoms with Crippen molar-refractivity contribution in [2.45, 2.75) is 13.5 Å². The molecule has 0 atom stereocenters. The lowest BCUT2D eigenvalue weighted by atomic mass is 10.0. The van der Waals surface area contributed by atoms with Crippen LogP contribution in [0.25, 0.3) is 11.1 Å². The summed E-state index contributed by atoms with van der Waals surface area (Å²) in [6.07, 6.45) is 1.90. The van der Waals surface area contributed by atoms with Gasteiger partial charge >= 0.3 is 0 Å². The molecule has 0 saturated carbocycles. The Morgan fingerprint density at radius 3 is 2.44 bits per heavy atom. The van der Waals surface area contributed by atoms with Crippen molar-refractivity contribution in [3.63, 3.8) is 0 Å². The summed E-state index contributed by atoms with van der Waals surface area (Å²) in [6, 6.07) is 11.3. The van der Waals surface area contributed by atoms with Crippen LogP contribution in [0.3, 0.4) is 0 Å². The predicted octanol–water partition coefficient (Wildman–Crippen LogP) is 4.74. The summed E-state index contributed by atoms with van der Waals surface area (Å²) in [6.45, 7) is 1.78. The molecule has 0 amide bonds. The zero-order chi connectivity index (χ0) is 19.4. The van der Waals surface area contributed by atoms with E-state index in [4.69, 9.17) is 9.47 Å². The van der Waals surface area contributed by atoms with E-state index in [1.807, 2.05) is 0 Å². The Labute approximate surface area is 155 Å². The number of hydrogen-bond acceptors (Lipinski definition) is 4. The molecule has 0 spiro atoms. The summed E-state index contributed by atoms with van der Waals surface area (Å²) >= 11 is 0. The number of hydrogen-bond donors (Lipinski definition) is 0. The highest BCUT2D eigenvalue weighted by Crippen LogP contribution is 2.32. The number of pyridine rings is 1. The molecule has 1 heterocycles. The van der Waals surface area contributed by atoms with Crippen LogP contribution in [0.15, 0.2) is 48.7 Å². The Kier molecular flexibility index (Phi) is 5.45. The average Bonchev–Trinajstić information content (AvgIpc) is 2.69. The van der Waals surface area contributed by atoms with Crippen molar-refractivity contribution in [3.05, 3.63) is 77.1 Å². The number of aldehydes is 1. The maximum absolute atomic E-state index is 14.6. The second-order valence-electron chi connectivity index (χ2n) is 5.91. The molecule has 2 aromatic carbocycles.